The van der Waals surface area contributed by atoms with Gasteiger partial charge in [0, 0.05) is 5.41 Å². The first-order valence-corrected chi connectivity index (χ1v) is 14.0. The van der Waals surface area contributed by atoms with Gasteiger partial charge in [0.2, 0.25) is 0 Å². The van der Waals surface area contributed by atoms with Crippen LogP contribution in [0.2, 0.25) is 0 Å². The maximum atomic E-state index is 13.5. The number of hydrogen-bond acceptors (Lipinski definition) is 3. The molecular formula is C30H48O4. The maximum absolute atomic E-state index is 13.5. The lowest BCUT2D eigenvalue weighted by atomic mass is 9.33. The Labute approximate surface area is 206 Å². The molecular weight excluding hydrogens is 424 g/mol. The zero-order valence-corrected chi connectivity index (χ0v) is 22.4. The molecule has 11 atom stereocenters. The molecule has 0 aromatic heterocycles. The Balaban J connectivity index is 1.65. The van der Waals surface area contributed by atoms with E-state index >= 15 is 0 Å². The van der Waals surface area contributed by atoms with Crippen molar-refractivity contribution in [1.82, 2.24) is 0 Å². The number of rotatable bonds is 2. The molecule has 4 fully saturated rings. The second-order valence-electron chi connectivity index (χ2n) is 14.4. The van der Waals surface area contributed by atoms with E-state index in [-0.39, 0.29) is 34.7 Å². The first kappa shape index (κ1) is 24.8. The molecule has 0 aromatic carbocycles. The second kappa shape index (κ2) is 7.57. The quantitative estimate of drug-likeness (QED) is 0.427. The van der Waals surface area contributed by atoms with E-state index in [0.717, 1.165) is 38.5 Å². The van der Waals surface area contributed by atoms with Crippen LogP contribution in [0.25, 0.3) is 0 Å². The summed E-state index contributed by atoms with van der Waals surface area (Å²) in [6.45, 7) is 13.9. The summed E-state index contributed by atoms with van der Waals surface area (Å²) < 4.78 is 0. The zero-order valence-electron chi connectivity index (χ0n) is 22.4. The Kier molecular flexibility index (Phi) is 5.52. The Bertz CT molecular complexity index is 896. The summed E-state index contributed by atoms with van der Waals surface area (Å²) in [4.78, 5) is 13.5. The number of carboxylic acid groups (broad SMARTS) is 1. The van der Waals surface area contributed by atoms with Crippen LogP contribution in [0.4, 0.5) is 0 Å². The summed E-state index contributed by atoms with van der Waals surface area (Å²) in [5.74, 6) is 1.39. The van der Waals surface area contributed by atoms with Gasteiger partial charge < -0.3 is 15.3 Å². The van der Waals surface area contributed by atoms with Crippen molar-refractivity contribution < 1.29 is 20.1 Å². The Morgan fingerprint density at radius 3 is 2.32 bits per heavy atom. The van der Waals surface area contributed by atoms with Crippen LogP contribution in [0.15, 0.2) is 11.6 Å². The van der Waals surface area contributed by atoms with E-state index in [4.69, 9.17) is 0 Å². The molecule has 0 aromatic rings. The predicted molar refractivity (Wildman–Crippen MR) is 134 cm³/mol. The van der Waals surface area contributed by atoms with Crippen molar-refractivity contribution in [2.75, 3.05) is 6.61 Å². The van der Waals surface area contributed by atoms with E-state index in [1.807, 2.05) is 0 Å². The van der Waals surface area contributed by atoms with Crippen molar-refractivity contribution in [3.8, 4) is 0 Å². The number of aliphatic hydroxyl groups is 2. The fourth-order valence-corrected chi connectivity index (χ4v) is 11.0. The summed E-state index contributed by atoms with van der Waals surface area (Å²) in [7, 11) is 0. The fourth-order valence-electron chi connectivity index (χ4n) is 11.0. The monoisotopic (exact) mass is 472 g/mol. The number of carbonyl (C=O) groups is 1. The van der Waals surface area contributed by atoms with E-state index in [0.29, 0.717) is 24.2 Å². The van der Waals surface area contributed by atoms with E-state index in [1.165, 1.54) is 18.4 Å². The summed E-state index contributed by atoms with van der Waals surface area (Å²) in [5, 5.41) is 32.4. The molecule has 0 spiro atoms. The Morgan fingerprint density at radius 2 is 1.68 bits per heavy atom. The molecule has 0 amide bonds. The van der Waals surface area contributed by atoms with Crippen LogP contribution in [0, 0.1) is 56.7 Å². The number of carboxylic acids is 1. The Hall–Kier alpha value is -0.870. The summed E-state index contributed by atoms with van der Waals surface area (Å²) in [6.07, 6.45) is 10.5. The van der Waals surface area contributed by atoms with Crippen LogP contribution >= 0.6 is 0 Å². The van der Waals surface area contributed by atoms with Gasteiger partial charge in [0.15, 0.2) is 0 Å². The summed E-state index contributed by atoms with van der Waals surface area (Å²) in [6, 6.07) is 0. The molecule has 0 aliphatic heterocycles. The predicted octanol–water partition coefficient (Wildman–Crippen LogP) is 6.06. The summed E-state index contributed by atoms with van der Waals surface area (Å²) in [5.41, 5.74) is -0.173. The highest BCUT2D eigenvalue weighted by molar-refractivity contribution is 5.81. The van der Waals surface area contributed by atoms with Crippen molar-refractivity contribution in [2.45, 2.75) is 105 Å². The molecule has 4 nitrogen and oxygen atoms in total. The van der Waals surface area contributed by atoms with Gasteiger partial charge in [0.25, 0.3) is 0 Å². The highest BCUT2D eigenvalue weighted by Crippen LogP contribution is 2.75. The SMILES string of the molecule is C[C@@H]1[C@@H](C)CC[C@@]2(C)CC[C@@]3(C(=O)O)C(=CC[C@H]4[C@]5(C)CC[C@@H](O)[C@@](C)(CO)[C@H]5CC[C@@]43C)[C@@H]12. The maximum Gasteiger partial charge on any atom is 0.314 e. The van der Waals surface area contributed by atoms with Crippen LogP contribution < -0.4 is 0 Å². The van der Waals surface area contributed by atoms with Crippen LogP contribution in [0.5, 0.6) is 0 Å². The molecule has 3 N–H and O–H groups in total. The molecule has 34 heavy (non-hydrogen) atoms. The van der Waals surface area contributed by atoms with Crippen LogP contribution in [0.1, 0.15) is 99.3 Å². The van der Waals surface area contributed by atoms with Gasteiger partial charge in [-0.2, -0.15) is 0 Å². The second-order valence-corrected chi connectivity index (χ2v) is 14.4. The van der Waals surface area contributed by atoms with Gasteiger partial charge in [-0.25, -0.2) is 0 Å². The average molecular weight is 473 g/mol. The van der Waals surface area contributed by atoms with Crippen molar-refractivity contribution in [3.05, 3.63) is 11.6 Å². The van der Waals surface area contributed by atoms with E-state index in [2.05, 4.69) is 47.6 Å². The van der Waals surface area contributed by atoms with E-state index in [9.17, 15) is 20.1 Å². The third kappa shape index (κ3) is 2.76. The highest BCUT2D eigenvalue weighted by Gasteiger charge is 2.72. The minimum absolute atomic E-state index is 0.00114. The minimum Gasteiger partial charge on any atom is -0.481 e. The third-order valence-electron chi connectivity index (χ3n) is 13.3. The van der Waals surface area contributed by atoms with Crippen molar-refractivity contribution >= 4 is 5.97 Å². The lowest BCUT2D eigenvalue weighted by molar-refractivity contribution is -0.223. The standard InChI is InChI=1S/C30H48O4/c1-18-9-12-26(3)15-16-30(25(33)34)20(24(26)19(18)2)7-8-22-27(4)13-11-23(32)28(5,17-31)21(27)10-14-29(22,30)6/h7,18-19,21-24,31-32H,8-17H2,1-6H3,(H,33,34)/t18-,19+,21-,22-,23+,24+,26-,27+,28-,29-,30-/m0/s1. The largest absolute Gasteiger partial charge is 0.481 e. The molecule has 0 unspecified atom stereocenters. The van der Waals surface area contributed by atoms with Crippen molar-refractivity contribution in [1.29, 1.82) is 0 Å². The molecule has 5 aliphatic rings. The molecule has 0 saturated heterocycles. The number of allylic oxidation sites excluding steroid dienone is 1. The lowest BCUT2D eigenvalue weighted by Gasteiger charge is -2.70. The number of aliphatic hydroxyl groups excluding tert-OH is 2. The number of fused-ring (bicyclic) bond motifs is 7. The van der Waals surface area contributed by atoms with Crippen LogP contribution in [-0.2, 0) is 4.79 Å². The van der Waals surface area contributed by atoms with Crippen molar-refractivity contribution in [3.63, 3.8) is 0 Å². The minimum atomic E-state index is -0.787. The first-order chi connectivity index (χ1) is 15.8. The molecule has 0 bridgehead atoms. The number of hydrogen-bond donors (Lipinski definition) is 3. The van der Waals surface area contributed by atoms with Gasteiger partial charge in [0.05, 0.1) is 18.1 Å². The van der Waals surface area contributed by atoms with Gasteiger partial charge in [0.1, 0.15) is 0 Å². The lowest BCUT2D eigenvalue weighted by Crippen LogP contribution is -2.67. The molecule has 5 aliphatic carbocycles. The van der Waals surface area contributed by atoms with Gasteiger partial charge in [-0.05, 0) is 104 Å². The van der Waals surface area contributed by atoms with Crippen molar-refractivity contribution in [2.24, 2.45) is 56.7 Å². The van der Waals surface area contributed by atoms with Gasteiger partial charge in [-0.1, -0.05) is 53.2 Å². The van der Waals surface area contributed by atoms with Crippen LogP contribution in [-0.4, -0.2) is 34.0 Å². The molecule has 0 radical (unpaired) electrons. The third-order valence-corrected chi connectivity index (χ3v) is 13.3. The van der Waals surface area contributed by atoms with Crippen LogP contribution in [0.3, 0.4) is 0 Å². The molecule has 4 saturated carbocycles. The summed E-state index contributed by atoms with van der Waals surface area (Å²) >= 11 is 0. The average Bonchev–Trinajstić information content (AvgIpc) is 2.78. The normalized spacial score (nSPS) is 56.9. The van der Waals surface area contributed by atoms with E-state index in [1.54, 1.807) is 0 Å². The molecule has 0 heterocycles. The molecule has 192 valence electrons. The Morgan fingerprint density at radius 1 is 0.971 bits per heavy atom. The fraction of sp³-hybridized carbons (Fsp3) is 0.900. The zero-order chi connectivity index (χ0) is 24.9. The number of aliphatic carboxylic acids is 1. The smallest absolute Gasteiger partial charge is 0.314 e. The van der Waals surface area contributed by atoms with Gasteiger partial charge >= 0.3 is 5.97 Å². The first-order valence-electron chi connectivity index (χ1n) is 14.0. The highest BCUT2D eigenvalue weighted by atomic mass is 16.4. The topological polar surface area (TPSA) is 77.8 Å². The van der Waals surface area contributed by atoms with E-state index < -0.39 is 22.9 Å². The van der Waals surface area contributed by atoms with Gasteiger partial charge in [-0.15, -0.1) is 0 Å². The molecule has 5 rings (SSSR count). The van der Waals surface area contributed by atoms with Gasteiger partial charge in [-0.3, -0.25) is 4.79 Å². The molecule has 4 heteroatoms.